The summed E-state index contributed by atoms with van der Waals surface area (Å²) in [5.74, 6) is -0.136. The highest BCUT2D eigenvalue weighted by atomic mass is 32.1. The van der Waals surface area contributed by atoms with Crippen LogP contribution in [-0.4, -0.2) is 33.9 Å². The molecule has 7 heteroatoms. The molecule has 1 fully saturated rings. The summed E-state index contributed by atoms with van der Waals surface area (Å²) in [6, 6.07) is 0. The highest BCUT2D eigenvalue weighted by Crippen LogP contribution is 2.25. The molecule has 1 aliphatic heterocycles. The van der Waals surface area contributed by atoms with Crippen LogP contribution in [0.25, 0.3) is 0 Å². The Hall–Kier alpha value is -1.21. The first kappa shape index (κ1) is 8.39. The van der Waals surface area contributed by atoms with Gasteiger partial charge in [0.1, 0.15) is 0 Å². The van der Waals surface area contributed by atoms with E-state index in [1.54, 1.807) is 0 Å². The first-order valence-electron chi connectivity index (χ1n) is 3.74. The molecule has 1 aromatic heterocycles. The number of rotatable bonds is 1. The monoisotopic (exact) mass is 200 g/mol. The van der Waals surface area contributed by atoms with Gasteiger partial charge >= 0.3 is 0 Å². The molecular formula is C6H8N4O2S. The SMILES string of the molecule is Nc1nnc(N2CC(O)CC2=O)s1. The van der Waals surface area contributed by atoms with Gasteiger partial charge < -0.3 is 10.8 Å². The van der Waals surface area contributed by atoms with E-state index in [9.17, 15) is 9.90 Å². The van der Waals surface area contributed by atoms with E-state index in [2.05, 4.69) is 10.2 Å². The molecule has 0 radical (unpaired) electrons. The van der Waals surface area contributed by atoms with Crippen LogP contribution in [0.3, 0.4) is 0 Å². The van der Waals surface area contributed by atoms with Crippen molar-refractivity contribution in [2.24, 2.45) is 0 Å². The second-order valence-corrected chi connectivity index (χ2v) is 3.77. The molecule has 0 spiro atoms. The molecule has 0 aliphatic carbocycles. The van der Waals surface area contributed by atoms with Crippen molar-refractivity contribution in [2.45, 2.75) is 12.5 Å². The summed E-state index contributed by atoms with van der Waals surface area (Å²) in [6.07, 6.45) is -0.447. The third-order valence-electron chi connectivity index (χ3n) is 1.77. The number of hydrogen-bond donors (Lipinski definition) is 2. The number of nitrogens with zero attached hydrogens (tertiary/aromatic N) is 3. The van der Waals surface area contributed by atoms with Gasteiger partial charge in [0.15, 0.2) is 0 Å². The summed E-state index contributed by atoms with van der Waals surface area (Å²) in [6.45, 7) is 0.285. The van der Waals surface area contributed by atoms with Crippen LogP contribution in [0.1, 0.15) is 6.42 Å². The molecule has 2 heterocycles. The van der Waals surface area contributed by atoms with Crippen LogP contribution in [0.4, 0.5) is 10.3 Å². The minimum absolute atomic E-state index is 0.136. The lowest BCUT2D eigenvalue weighted by molar-refractivity contribution is -0.117. The van der Waals surface area contributed by atoms with Gasteiger partial charge in [-0.05, 0) is 0 Å². The van der Waals surface area contributed by atoms with Crippen molar-refractivity contribution >= 4 is 27.5 Å². The van der Waals surface area contributed by atoms with Crippen LogP contribution in [0.2, 0.25) is 0 Å². The lowest BCUT2D eigenvalue weighted by Crippen LogP contribution is -2.24. The molecule has 1 saturated heterocycles. The van der Waals surface area contributed by atoms with Crippen LogP contribution in [0, 0.1) is 0 Å². The van der Waals surface area contributed by atoms with Crippen molar-refractivity contribution in [1.29, 1.82) is 0 Å². The Morgan fingerprint density at radius 2 is 2.38 bits per heavy atom. The van der Waals surface area contributed by atoms with E-state index in [-0.39, 0.29) is 18.9 Å². The summed E-state index contributed by atoms with van der Waals surface area (Å²) < 4.78 is 0. The number of aromatic nitrogens is 2. The Labute approximate surface area is 78.0 Å². The Morgan fingerprint density at radius 1 is 1.62 bits per heavy atom. The van der Waals surface area contributed by atoms with E-state index in [1.165, 1.54) is 4.90 Å². The van der Waals surface area contributed by atoms with Gasteiger partial charge in [-0.2, -0.15) is 0 Å². The van der Waals surface area contributed by atoms with Gasteiger partial charge in [0.05, 0.1) is 19.1 Å². The molecule has 1 aromatic rings. The largest absolute Gasteiger partial charge is 0.391 e. The molecule has 0 aromatic carbocycles. The number of carbonyl (C=O) groups excluding carboxylic acids is 1. The first-order valence-corrected chi connectivity index (χ1v) is 4.56. The van der Waals surface area contributed by atoms with E-state index in [0.29, 0.717) is 10.3 Å². The Bertz CT molecular complexity index is 339. The molecular weight excluding hydrogens is 192 g/mol. The van der Waals surface area contributed by atoms with Gasteiger partial charge in [-0.15, -0.1) is 10.2 Å². The van der Waals surface area contributed by atoms with E-state index >= 15 is 0 Å². The predicted octanol–water partition coefficient (Wildman–Crippen LogP) is -0.782. The number of β-amino-alcohol motifs (C(OH)–C–C–N with tert-alkyl or cyclic N) is 1. The van der Waals surface area contributed by atoms with E-state index in [1.807, 2.05) is 0 Å². The molecule has 1 atom stereocenters. The maximum absolute atomic E-state index is 11.3. The molecule has 13 heavy (non-hydrogen) atoms. The van der Waals surface area contributed by atoms with Crippen LogP contribution in [0.5, 0.6) is 0 Å². The Balaban J connectivity index is 2.22. The zero-order valence-electron chi connectivity index (χ0n) is 6.67. The van der Waals surface area contributed by atoms with Gasteiger partial charge in [0.25, 0.3) is 0 Å². The lowest BCUT2D eigenvalue weighted by atomic mass is 10.3. The number of aliphatic hydroxyl groups excluding tert-OH is 1. The smallest absolute Gasteiger partial charge is 0.231 e. The number of carbonyl (C=O) groups is 1. The Kier molecular flexibility index (Phi) is 1.89. The number of amides is 1. The maximum Gasteiger partial charge on any atom is 0.231 e. The normalized spacial score (nSPS) is 22.7. The van der Waals surface area contributed by atoms with Crippen molar-refractivity contribution in [3.05, 3.63) is 0 Å². The van der Waals surface area contributed by atoms with Crippen LogP contribution < -0.4 is 10.6 Å². The molecule has 1 amide bonds. The highest BCUT2D eigenvalue weighted by Gasteiger charge is 2.31. The van der Waals surface area contributed by atoms with Crippen molar-refractivity contribution in [2.75, 3.05) is 17.2 Å². The fourth-order valence-corrected chi connectivity index (χ4v) is 1.85. The molecule has 1 unspecified atom stereocenters. The van der Waals surface area contributed by atoms with Gasteiger partial charge in [0, 0.05) is 0 Å². The molecule has 0 saturated carbocycles. The van der Waals surface area contributed by atoms with Gasteiger partial charge in [-0.3, -0.25) is 9.69 Å². The van der Waals surface area contributed by atoms with Crippen LogP contribution in [-0.2, 0) is 4.79 Å². The van der Waals surface area contributed by atoms with Gasteiger partial charge in [0.2, 0.25) is 16.2 Å². The summed E-state index contributed by atoms with van der Waals surface area (Å²) in [4.78, 5) is 12.7. The fourth-order valence-electron chi connectivity index (χ4n) is 1.21. The minimum Gasteiger partial charge on any atom is -0.391 e. The summed E-state index contributed by atoms with van der Waals surface area (Å²) in [7, 11) is 0. The maximum atomic E-state index is 11.3. The number of aliphatic hydroxyl groups is 1. The molecule has 0 bridgehead atoms. The Morgan fingerprint density at radius 3 is 2.85 bits per heavy atom. The molecule has 3 N–H and O–H groups in total. The average Bonchev–Trinajstić information content (AvgIpc) is 2.58. The highest BCUT2D eigenvalue weighted by molar-refractivity contribution is 7.19. The van der Waals surface area contributed by atoms with Crippen molar-refractivity contribution in [3.8, 4) is 0 Å². The molecule has 70 valence electrons. The molecule has 6 nitrogen and oxygen atoms in total. The third kappa shape index (κ3) is 1.47. The lowest BCUT2D eigenvalue weighted by Gasteiger charge is -2.09. The van der Waals surface area contributed by atoms with Crippen LogP contribution >= 0.6 is 11.3 Å². The van der Waals surface area contributed by atoms with Crippen molar-refractivity contribution in [1.82, 2.24) is 10.2 Å². The molecule has 1 aliphatic rings. The molecule has 2 rings (SSSR count). The van der Waals surface area contributed by atoms with Crippen molar-refractivity contribution < 1.29 is 9.90 Å². The first-order chi connectivity index (χ1) is 6.16. The zero-order valence-corrected chi connectivity index (χ0v) is 7.49. The second kappa shape index (κ2) is 2.93. The van der Waals surface area contributed by atoms with Crippen LogP contribution in [0.15, 0.2) is 0 Å². The number of nitrogen functional groups attached to an aromatic ring is 1. The van der Waals surface area contributed by atoms with E-state index in [0.717, 1.165) is 11.3 Å². The van der Waals surface area contributed by atoms with E-state index < -0.39 is 6.10 Å². The average molecular weight is 200 g/mol. The standard InChI is InChI=1S/C6H8N4O2S/c7-5-8-9-6(13-5)10-2-3(11)1-4(10)12/h3,11H,1-2H2,(H2,7,8). The summed E-state index contributed by atoms with van der Waals surface area (Å²) >= 11 is 1.14. The quantitative estimate of drug-likeness (QED) is 0.620. The number of hydrogen-bond acceptors (Lipinski definition) is 6. The topological polar surface area (TPSA) is 92.3 Å². The summed E-state index contributed by atoms with van der Waals surface area (Å²) in [5, 5.41) is 17.3. The third-order valence-corrected chi connectivity index (χ3v) is 2.54. The fraction of sp³-hybridized carbons (Fsp3) is 0.500. The second-order valence-electron chi connectivity index (χ2n) is 2.79. The number of anilines is 2. The predicted molar refractivity (Wildman–Crippen MR) is 47.3 cm³/mol. The van der Waals surface area contributed by atoms with E-state index in [4.69, 9.17) is 5.73 Å². The van der Waals surface area contributed by atoms with Crippen molar-refractivity contribution in [3.63, 3.8) is 0 Å². The minimum atomic E-state index is -0.599. The van der Waals surface area contributed by atoms with Gasteiger partial charge in [-0.1, -0.05) is 11.3 Å². The van der Waals surface area contributed by atoms with Gasteiger partial charge in [-0.25, -0.2) is 0 Å². The zero-order chi connectivity index (χ0) is 9.42. The summed E-state index contributed by atoms with van der Waals surface area (Å²) in [5.41, 5.74) is 5.37. The number of nitrogens with two attached hydrogens (primary N) is 1.